The Bertz CT molecular complexity index is 762. The molecule has 1 atom stereocenters. The third-order valence-corrected chi connectivity index (χ3v) is 4.71. The van der Waals surface area contributed by atoms with E-state index in [1.807, 2.05) is 32.0 Å². The minimum atomic E-state index is -0.657. The van der Waals surface area contributed by atoms with Crippen LogP contribution in [0.2, 0.25) is 10.0 Å². The van der Waals surface area contributed by atoms with Gasteiger partial charge in [-0.25, -0.2) is 4.79 Å². The lowest BCUT2D eigenvalue weighted by Crippen LogP contribution is -2.51. The number of para-hydroxylation sites is 1. The van der Waals surface area contributed by atoms with E-state index in [0.29, 0.717) is 28.7 Å². The van der Waals surface area contributed by atoms with Crippen LogP contribution in [0.15, 0.2) is 48.5 Å². The molecule has 0 bridgehead atoms. The van der Waals surface area contributed by atoms with E-state index in [-0.39, 0.29) is 11.8 Å². The first-order chi connectivity index (χ1) is 12.9. The second kappa shape index (κ2) is 10.2. The van der Waals surface area contributed by atoms with Crippen LogP contribution in [0, 0.1) is 5.92 Å². The number of benzene rings is 2. The van der Waals surface area contributed by atoms with E-state index in [1.165, 1.54) is 0 Å². The summed E-state index contributed by atoms with van der Waals surface area (Å²) < 4.78 is 0. The summed E-state index contributed by atoms with van der Waals surface area (Å²) in [5.41, 5.74) is 1.45. The zero-order chi connectivity index (χ0) is 19.8. The standard InChI is InChI=1S/C20H23Cl2N3O2/c1-13(2)18(25-20(27)24-14-7-4-3-5-8-14)19(26)23-12-11-15-16(21)9-6-10-17(15)22/h3-10,13,18H,11-12H2,1-2H3,(H,23,26)(H2,24,25,27). The lowest BCUT2D eigenvalue weighted by Gasteiger charge is -2.22. The molecule has 0 aliphatic carbocycles. The minimum Gasteiger partial charge on any atom is -0.354 e. The van der Waals surface area contributed by atoms with Gasteiger partial charge in [0.05, 0.1) is 0 Å². The molecule has 0 spiro atoms. The fourth-order valence-electron chi connectivity index (χ4n) is 2.56. The molecule has 2 rings (SSSR count). The number of anilines is 1. The van der Waals surface area contributed by atoms with Crippen molar-refractivity contribution in [2.45, 2.75) is 26.3 Å². The topological polar surface area (TPSA) is 70.2 Å². The smallest absolute Gasteiger partial charge is 0.319 e. The molecule has 0 saturated carbocycles. The first-order valence-corrected chi connectivity index (χ1v) is 9.47. The van der Waals surface area contributed by atoms with Crippen molar-refractivity contribution in [2.24, 2.45) is 5.92 Å². The van der Waals surface area contributed by atoms with Crippen LogP contribution in [0.4, 0.5) is 10.5 Å². The van der Waals surface area contributed by atoms with Crippen molar-refractivity contribution in [1.29, 1.82) is 0 Å². The third kappa shape index (κ3) is 6.45. The van der Waals surface area contributed by atoms with Gasteiger partial charge in [0.1, 0.15) is 6.04 Å². The van der Waals surface area contributed by atoms with Gasteiger partial charge in [-0.05, 0) is 42.2 Å². The monoisotopic (exact) mass is 407 g/mol. The van der Waals surface area contributed by atoms with E-state index in [2.05, 4.69) is 16.0 Å². The van der Waals surface area contributed by atoms with Crippen LogP contribution in [0.25, 0.3) is 0 Å². The molecule has 0 aromatic heterocycles. The quantitative estimate of drug-likeness (QED) is 0.632. The van der Waals surface area contributed by atoms with Crippen LogP contribution in [-0.4, -0.2) is 24.5 Å². The number of amides is 3. The number of urea groups is 1. The summed E-state index contributed by atoms with van der Waals surface area (Å²) in [7, 11) is 0. The summed E-state index contributed by atoms with van der Waals surface area (Å²) in [5.74, 6) is -0.327. The van der Waals surface area contributed by atoms with Crippen LogP contribution in [0.5, 0.6) is 0 Å². The maximum absolute atomic E-state index is 12.5. The van der Waals surface area contributed by atoms with E-state index in [0.717, 1.165) is 5.56 Å². The molecule has 0 aliphatic heterocycles. The number of carbonyl (C=O) groups excluding carboxylic acids is 2. The van der Waals surface area contributed by atoms with Crippen molar-refractivity contribution in [1.82, 2.24) is 10.6 Å². The van der Waals surface area contributed by atoms with Crippen molar-refractivity contribution in [3.05, 3.63) is 64.1 Å². The van der Waals surface area contributed by atoms with Gasteiger partial charge < -0.3 is 16.0 Å². The lowest BCUT2D eigenvalue weighted by atomic mass is 10.0. The fourth-order valence-corrected chi connectivity index (χ4v) is 3.14. The number of carbonyl (C=O) groups is 2. The molecule has 2 aromatic carbocycles. The molecule has 7 heteroatoms. The molecule has 0 saturated heterocycles. The van der Waals surface area contributed by atoms with Crippen molar-refractivity contribution in [3.63, 3.8) is 0 Å². The van der Waals surface area contributed by atoms with Gasteiger partial charge in [-0.3, -0.25) is 4.79 Å². The van der Waals surface area contributed by atoms with E-state index in [9.17, 15) is 9.59 Å². The highest BCUT2D eigenvalue weighted by atomic mass is 35.5. The number of hydrogen-bond donors (Lipinski definition) is 3. The van der Waals surface area contributed by atoms with Crippen LogP contribution in [-0.2, 0) is 11.2 Å². The second-order valence-corrected chi connectivity index (χ2v) is 7.24. The molecule has 3 amide bonds. The Hall–Kier alpha value is -2.24. The SMILES string of the molecule is CC(C)C(NC(=O)Nc1ccccc1)C(=O)NCCc1c(Cl)cccc1Cl. The van der Waals surface area contributed by atoms with Gasteiger partial charge in [0.15, 0.2) is 0 Å². The van der Waals surface area contributed by atoms with Crippen molar-refractivity contribution in [2.75, 3.05) is 11.9 Å². The molecular formula is C20H23Cl2N3O2. The summed E-state index contributed by atoms with van der Waals surface area (Å²) in [6, 6.07) is 13.3. The van der Waals surface area contributed by atoms with Gasteiger partial charge in [0.2, 0.25) is 5.91 Å². The molecule has 0 radical (unpaired) electrons. The maximum atomic E-state index is 12.5. The Morgan fingerprint density at radius 3 is 2.19 bits per heavy atom. The molecule has 1 unspecified atom stereocenters. The van der Waals surface area contributed by atoms with E-state index >= 15 is 0 Å². The first kappa shape index (κ1) is 21.1. The number of nitrogens with one attached hydrogen (secondary N) is 3. The van der Waals surface area contributed by atoms with Crippen molar-refractivity contribution >= 4 is 40.8 Å². The predicted molar refractivity (Wildman–Crippen MR) is 110 cm³/mol. The van der Waals surface area contributed by atoms with Gasteiger partial charge in [0.25, 0.3) is 0 Å². The normalized spacial score (nSPS) is 11.7. The van der Waals surface area contributed by atoms with Gasteiger partial charge in [-0.2, -0.15) is 0 Å². The average molecular weight is 408 g/mol. The van der Waals surface area contributed by atoms with E-state index in [4.69, 9.17) is 23.2 Å². The zero-order valence-electron chi connectivity index (χ0n) is 15.3. The number of rotatable bonds is 7. The molecule has 0 fully saturated rings. The third-order valence-electron chi connectivity index (χ3n) is 4.00. The van der Waals surface area contributed by atoms with Crippen LogP contribution < -0.4 is 16.0 Å². The van der Waals surface area contributed by atoms with Gasteiger partial charge >= 0.3 is 6.03 Å². The Balaban J connectivity index is 1.89. The summed E-state index contributed by atoms with van der Waals surface area (Å²) in [4.78, 5) is 24.7. The molecular weight excluding hydrogens is 385 g/mol. The second-order valence-electron chi connectivity index (χ2n) is 6.43. The molecule has 27 heavy (non-hydrogen) atoms. The summed E-state index contributed by atoms with van der Waals surface area (Å²) in [5, 5.41) is 9.41. The van der Waals surface area contributed by atoms with Gasteiger partial charge in [-0.1, -0.05) is 61.3 Å². The zero-order valence-corrected chi connectivity index (χ0v) is 16.8. The Morgan fingerprint density at radius 2 is 1.59 bits per heavy atom. The molecule has 3 N–H and O–H groups in total. The summed E-state index contributed by atoms with van der Waals surface area (Å²) in [6.07, 6.45) is 0.505. The van der Waals surface area contributed by atoms with Gasteiger partial charge in [-0.15, -0.1) is 0 Å². The summed E-state index contributed by atoms with van der Waals surface area (Å²) >= 11 is 12.3. The number of hydrogen-bond acceptors (Lipinski definition) is 2. The van der Waals surface area contributed by atoms with E-state index in [1.54, 1.807) is 30.3 Å². The highest BCUT2D eigenvalue weighted by Gasteiger charge is 2.24. The fraction of sp³-hybridized carbons (Fsp3) is 0.300. The minimum absolute atomic E-state index is 0.0737. The molecule has 144 valence electrons. The highest BCUT2D eigenvalue weighted by Crippen LogP contribution is 2.24. The average Bonchev–Trinajstić information content (AvgIpc) is 2.62. The van der Waals surface area contributed by atoms with Crippen molar-refractivity contribution < 1.29 is 9.59 Å². The molecule has 0 aliphatic rings. The first-order valence-electron chi connectivity index (χ1n) is 8.71. The van der Waals surface area contributed by atoms with Crippen molar-refractivity contribution in [3.8, 4) is 0 Å². The maximum Gasteiger partial charge on any atom is 0.319 e. The molecule has 2 aromatic rings. The van der Waals surface area contributed by atoms with Crippen LogP contribution in [0.3, 0.4) is 0 Å². The summed E-state index contributed by atoms with van der Waals surface area (Å²) in [6.45, 7) is 4.11. The largest absolute Gasteiger partial charge is 0.354 e. The molecule has 5 nitrogen and oxygen atoms in total. The number of halogens is 2. The van der Waals surface area contributed by atoms with Crippen LogP contribution >= 0.6 is 23.2 Å². The van der Waals surface area contributed by atoms with Gasteiger partial charge in [0, 0.05) is 22.3 Å². The lowest BCUT2D eigenvalue weighted by molar-refractivity contribution is -0.123. The Morgan fingerprint density at radius 1 is 0.963 bits per heavy atom. The predicted octanol–water partition coefficient (Wildman–Crippen LogP) is 4.50. The van der Waals surface area contributed by atoms with E-state index < -0.39 is 12.1 Å². The Labute approximate surface area is 169 Å². The van der Waals surface area contributed by atoms with Crippen LogP contribution in [0.1, 0.15) is 19.4 Å². The highest BCUT2D eigenvalue weighted by molar-refractivity contribution is 6.36. The molecule has 0 heterocycles. The Kier molecular flexibility index (Phi) is 7.95.